The van der Waals surface area contributed by atoms with E-state index < -0.39 is 15.8 Å². The van der Waals surface area contributed by atoms with Crippen LogP contribution in [0.5, 0.6) is 5.75 Å². The SMILES string of the molecule is CCS(=O)(=O)c1ccc(C(=O)O)c(Cl)c1OCC1CCCC1. The Morgan fingerprint density at radius 1 is 1.36 bits per heavy atom. The first kappa shape index (κ1) is 17.1. The molecule has 7 heteroatoms. The second kappa shape index (κ2) is 6.87. The van der Waals surface area contributed by atoms with Crippen LogP contribution in [0.15, 0.2) is 17.0 Å². The number of benzene rings is 1. The molecule has 5 nitrogen and oxygen atoms in total. The zero-order valence-corrected chi connectivity index (χ0v) is 13.9. The summed E-state index contributed by atoms with van der Waals surface area (Å²) in [6, 6.07) is 2.47. The topological polar surface area (TPSA) is 80.7 Å². The molecule has 1 N–H and O–H groups in total. The normalized spacial score (nSPS) is 15.9. The zero-order valence-electron chi connectivity index (χ0n) is 12.3. The van der Waals surface area contributed by atoms with Crippen LogP contribution in [0.2, 0.25) is 5.02 Å². The molecule has 0 saturated heterocycles. The van der Waals surface area contributed by atoms with Gasteiger partial charge >= 0.3 is 5.97 Å². The number of carboxylic acid groups (broad SMARTS) is 1. The van der Waals surface area contributed by atoms with Crippen molar-refractivity contribution >= 4 is 27.4 Å². The number of rotatable bonds is 6. The second-order valence-corrected chi connectivity index (χ2v) is 8.05. The standard InChI is InChI=1S/C15H19ClO5S/c1-2-22(19,20)12-8-7-11(15(17)18)13(16)14(12)21-9-10-5-3-4-6-10/h7-8,10H,2-6,9H2,1H3,(H,17,18). The van der Waals surface area contributed by atoms with Crippen molar-refractivity contribution in [2.45, 2.75) is 37.5 Å². The minimum Gasteiger partial charge on any atom is -0.490 e. The number of hydrogen-bond acceptors (Lipinski definition) is 4. The molecule has 1 aromatic carbocycles. The fourth-order valence-corrected chi connectivity index (χ4v) is 4.00. The first-order valence-electron chi connectivity index (χ1n) is 7.28. The van der Waals surface area contributed by atoms with Gasteiger partial charge in [-0.05, 0) is 30.9 Å². The van der Waals surface area contributed by atoms with E-state index in [2.05, 4.69) is 0 Å². The largest absolute Gasteiger partial charge is 0.490 e. The van der Waals surface area contributed by atoms with Gasteiger partial charge in [-0.2, -0.15) is 0 Å². The molecular formula is C15H19ClO5S. The molecule has 1 aliphatic carbocycles. The van der Waals surface area contributed by atoms with Crippen LogP contribution in [0.1, 0.15) is 43.0 Å². The molecule has 0 atom stereocenters. The van der Waals surface area contributed by atoms with E-state index in [1.54, 1.807) is 0 Å². The molecule has 0 aliphatic heterocycles. The molecule has 0 unspecified atom stereocenters. The number of aromatic carboxylic acids is 1. The van der Waals surface area contributed by atoms with Gasteiger partial charge in [0.05, 0.1) is 22.9 Å². The Labute approximate surface area is 135 Å². The summed E-state index contributed by atoms with van der Waals surface area (Å²) in [6.07, 6.45) is 4.34. The predicted octanol–water partition coefficient (Wildman–Crippen LogP) is 3.40. The van der Waals surface area contributed by atoms with E-state index in [0.717, 1.165) is 25.7 Å². The van der Waals surface area contributed by atoms with Gasteiger partial charge in [-0.25, -0.2) is 13.2 Å². The number of halogens is 1. The number of hydrogen-bond donors (Lipinski definition) is 1. The Kier molecular flexibility index (Phi) is 5.34. The van der Waals surface area contributed by atoms with Crippen molar-refractivity contribution in [1.29, 1.82) is 0 Å². The van der Waals surface area contributed by atoms with Crippen LogP contribution in [0, 0.1) is 5.92 Å². The molecule has 2 rings (SSSR count). The van der Waals surface area contributed by atoms with Gasteiger partial charge in [0.15, 0.2) is 15.6 Å². The van der Waals surface area contributed by atoms with E-state index in [-0.39, 0.29) is 27.0 Å². The van der Waals surface area contributed by atoms with Crippen LogP contribution in [0.4, 0.5) is 0 Å². The van der Waals surface area contributed by atoms with Crippen LogP contribution >= 0.6 is 11.6 Å². The van der Waals surface area contributed by atoms with Crippen LogP contribution in [0.3, 0.4) is 0 Å². The van der Waals surface area contributed by atoms with Crippen molar-refractivity contribution in [2.24, 2.45) is 5.92 Å². The minimum absolute atomic E-state index is 0.0321. The Morgan fingerprint density at radius 3 is 2.55 bits per heavy atom. The van der Waals surface area contributed by atoms with Crippen LogP contribution in [-0.4, -0.2) is 31.9 Å². The van der Waals surface area contributed by atoms with Gasteiger partial charge in [-0.15, -0.1) is 0 Å². The van der Waals surface area contributed by atoms with Crippen molar-refractivity contribution in [2.75, 3.05) is 12.4 Å². The number of ether oxygens (including phenoxy) is 1. The summed E-state index contributed by atoms with van der Waals surface area (Å²) in [5.74, 6) is -0.983. The smallest absolute Gasteiger partial charge is 0.337 e. The fourth-order valence-electron chi connectivity index (χ4n) is 2.62. The summed E-state index contributed by atoms with van der Waals surface area (Å²) >= 11 is 6.09. The van der Waals surface area contributed by atoms with Crippen LogP contribution in [-0.2, 0) is 9.84 Å². The van der Waals surface area contributed by atoms with Crippen molar-refractivity contribution in [3.05, 3.63) is 22.7 Å². The molecular weight excluding hydrogens is 328 g/mol. The number of carboxylic acids is 1. The maximum Gasteiger partial charge on any atom is 0.337 e. The molecule has 0 heterocycles. The Bertz CT molecular complexity index is 663. The molecule has 0 aromatic heterocycles. The second-order valence-electron chi connectivity index (χ2n) is 5.42. The highest BCUT2D eigenvalue weighted by atomic mass is 35.5. The molecule has 0 spiro atoms. The third-order valence-corrected chi connectivity index (χ3v) is 6.07. The summed E-state index contributed by atoms with van der Waals surface area (Å²) in [5.41, 5.74) is -0.154. The highest BCUT2D eigenvalue weighted by Gasteiger charge is 2.26. The molecule has 1 fully saturated rings. The first-order valence-corrected chi connectivity index (χ1v) is 9.31. The van der Waals surface area contributed by atoms with Crippen LogP contribution in [0.25, 0.3) is 0 Å². The fraction of sp³-hybridized carbons (Fsp3) is 0.533. The van der Waals surface area contributed by atoms with E-state index in [9.17, 15) is 13.2 Å². The lowest BCUT2D eigenvalue weighted by Gasteiger charge is -2.17. The average Bonchev–Trinajstić information content (AvgIpc) is 2.98. The Balaban J connectivity index is 2.40. The average molecular weight is 347 g/mol. The molecule has 1 aliphatic rings. The minimum atomic E-state index is -3.54. The summed E-state index contributed by atoms with van der Waals surface area (Å²) in [4.78, 5) is 11.1. The van der Waals surface area contributed by atoms with Gasteiger partial charge in [-0.3, -0.25) is 0 Å². The monoisotopic (exact) mass is 346 g/mol. The summed E-state index contributed by atoms with van der Waals surface area (Å²) in [5, 5.41) is 8.98. The molecule has 0 radical (unpaired) electrons. The lowest BCUT2D eigenvalue weighted by molar-refractivity contribution is 0.0696. The molecule has 122 valence electrons. The summed E-state index contributed by atoms with van der Waals surface area (Å²) in [6.45, 7) is 1.88. The van der Waals surface area contributed by atoms with Crippen molar-refractivity contribution in [3.63, 3.8) is 0 Å². The predicted molar refractivity (Wildman–Crippen MR) is 83.6 cm³/mol. The Morgan fingerprint density at radius 2 is 2.00 bits per heavy atom. The van der Waals surface area contributed by atoms with Gasteiger partial charge in [-0.1, -0.05) is 31.4 Å². The van der Waals surface area contributed by atoms with E-state index >= 15 is 0 Å². The van der Waals surface area contributed by atoms with Gasteiger partial charge in [0.2, 0.25) is 0 Å². The molecule has 1 saturated carbocycles. The highest BCUT2D eigenvalue weighted by molar-refractivity contribution is 7.91. The third kappa shape index (κ3) is 3.55. The van der Waals surface area contributed by atoms with Gasteiger partial charge < -0.3 is 9.84 Å². The summed E-state index contributed by atoms with van der Waals surface area (Å²) < 4.78 is 30.0. The number of sulfone groups is 1. The third-order valence-electron chi connectivity index (χ3n) is 3.94. The van der Waals surface area contributed by atoms with E-state index in [1.807, 2.05) is 0 Å². The van der Waals surface area contributed by atoms with Crippen LogP contribution < -0.4 is 4.74 Å². The summed E-state index contributed by atoms with van der Waals surface area (Å²) in [7, 11) is -3.54. The van der Waals surface area contributed by atoms with E-state index in [0.29, 0.717) is 12.5 Å². The quantitative estimate of drug-likeness (QED) is 0.853. The van der Waals surface area contributed by atoms with Crippen molar-refractivity contribution in [3.8, 4) is 5.75 Å². The molecule has 22 heavy (non-hydrogen) atoms. The maximum absolute atomic E-state index is 12.2. The first-order chi connectivity index (χ1) is 10.4. The maximum atomic E-state index is 12.2. The number of carbonyl (C=O) groups is 1. The van der Waals surface area contributed by atoms with E-state index in [1.165, 1.54) is 19.1 Å². The molecule has 0 amide bonds. The van der Waals surface area contributed by atoms with Crippen molar-refractivity contribution in [1.82, 2.24) is 0 Å². The highest BCUT2D eigenvalue weighted by Crippen LogP contribution is 2.37. The van der Waals surface area contributed by atoms with Gasteiger partial charge in [0, 0.05) is 0 Å². The lowest BCUT2D eigenvalue weighted by atomic mass is 10.1. The van der Waals surface area contributed by atoms with Crippen molar-refractivity contribution < 1.29 is 23.1 Å². The molecule has 0 bridgehead atoms. The lowest BCUT2D eigenvalue weighted by Crippen LogP contribution is -2.13. The van der Waals surface area contributed by atoms with Gasteiger partial charge in [0.1, 0.15) is 4.90 Å². The van der Waals surface area contributed by atoms with Gasteiger partial charge in [0.25, 0.3) is 0 Å². The zero-order chi connectivity index (χ0) is 16.3. The molecule has 1 aromatic rings. The van der Waals surface area contributed by atoms with E-state index in [4.69, 9.17) is 21.4 Å². The Hall–Kier alpha value is -1.27.